The van der Waals surface area contributed by atoms with Crippen LogP contribution in [0.25, 0.3) is 0 Å². The average Bonchev–Trinajstić information content (AvgIpc) is 3.39. The van der Waals surface area contributed by atoms with Crippen LogP contribution in [0.15, 0.2) is 66.7 Å². The summed E-state index contributed by atoms with van der Waals surface area (Å²) in [6.07, 6.45) is 1.31. The number of nitrogens with one attached hydrogen (secondary N) is 1. The summed E-state index contributed by atoms with van der Waals surface area (Å²) >= 11 is 0. The summed E-state index contributed by atoms with van der Waals surface area (Å²) in [6, 6.07) is 21.2. The first-order chi connectivity index (χ1) is 17.9. The maximum atomic E-state index is 13.0. The lowest BCUT2D eigenvalue weighted by Gasteiger charge is -2.23. The van der Waals surface area contributed by atoms with E-state index in [1.54, 1.807) is 43.3 Å². The highest BCUT2D eigenvalue weighted by Gasteiger charge is 2.33. The molecule has 0 radical (unpaired) electrons. The summed E-state index contributed by atoms with van der Waals surface area (Å²) in [5.74, 6) is -0.499. The number of anilines is 1. The van der Waals surface area contributed by atoms with Crippen molar-refractivity contribution in [3.05, 3.63) is 94.5 Å². The van der Waals surface area contributed by atoms with Gasteiger partial charge in [0, 0.05) is 23.4 Å². The molecule has 188 valence electrons. The Morgan fingerprint density at radius 1 is 1.11 bits per heavy atom. The normalized spacial score (nSPS) is 14.6. The zero-order valence-electron chi connectivity index (χ0n) is 20.6. The predicted octanol–water partition coefficient (Wildman–Crippen LogP) is 3.72. The fourth-order valence-electron chi connectivity index (χ4n) is 4.48. The molecule has 1 heterocycles. The Bertz CT molecular complexity index is 1360. The number of rotatable bonds is 8. The van der Waals surface area contributed by atoms with Crippen LogP contribution in [0.2, 0.25) is 0 Å². The molecule has 3 amide bonds. The van der Waals surface area contributed by atoms with Gasteiger partial charge < -0.3 is 20.7 Å². The second-order valence-corrected chi connectivity index (χ2v) is 9.02. The van der Waals surface area contributed by atoms with E-state index in [0.717, 1.165) is 12.0 Å². The number of carbonyl (C=O) groups excluding carboxylic acids is 3. The van der Waals surface area contributed by atoms with Crippen LogP contribution in [0.4, 0.5) is 5.69 Å². The molecule has 8 nitrogen and oxygen atoms in total. The molecule has 0 aliphatic carbocycles. The van der Waals surface area contributed by atoms with Gasteiger partial charge in [-0.2, -0.15) is 5.26 Å². The largest absolute Gasteiger partial charge is 0.489 e. The van der Waals surface area contributed by atoms with E-state index in [-0.39, 0.29) is 18.2 Å². The van der Waals surface area contributed by atoms with E-state index in [1.165, 1.54) is 4.90 Å². The SMILES string of the molecule is Cc1cc(NC(=O)Cc2cc(C#N)ccc2OCc2ccccc2)ccc1C(=O)N1CCCC1C(N)=O. The first kappa shape index (κ1) is 25.5. The molecule has 3 aromatic rings. The van der Waals surface area contributed by atoms with Gasteiger partial charge >= 0.3 is 0 Å². The van der Waals surface area contributed by atoms with Crippen molar-refractivity contribution in [3.8, 4) is 11.8 Å². The number of primary amides is 1. The molecule has 0 saturated carbocycles. The van der Waals surface area contributed by atoms with Gasteiger partial charge in [-0.1, -0.05) is 30.3 Å². The van der Waals surface area contributed by atoms with Gasteiger partial charge in [-0.15, -0.1) is 0 Å². The van der Waals surface area contributed by atoms with Crippen molar-refractivity contribution in [2.45, 2.75) is 38.8 Å². The molecule has 3 N–H and O–H groups in total. The summed E-state index contributed by atoms with van der Waals surface area (Å²) in [5, 5.41) is 12.2. The zero-order valence-corrected chi connectivity index (χ0v) is 20.6. The number of carbonyl (C=O) groups is 3. The lowest BCUT2D eigenvalue weighted by atomic mass is 10.0. The number of amides is 3. The average molecular weight is 497 g/mol. The fourth-order valence-corrected chi connectivity index (χ4v) is 4.48. The first-order valence-corrected chi connectivity index (χ1v) is 12.1. The number of hydrogen-bond acceptors (Lipinski definition) is 5. The molecule has 3 aromatic carbocycles. The van der Waals surface area contributed by atoms with Crippen LogP contribution in [0.1, 0.15) is 45.5 Å². The van der Waals surface area contributed by atoms with Crippen LogP contribution in [0.5, 0.6) is 5.75 Å². The Hall–Kier alpha value is -4.64. The number of likely N-dealkylation sites (tertiary alicyclic amines) is 1. The molecule has 0 bridgehead atoms. The molecule has 1 fully saturated rings. The lowest BCUT2D eigenvalue weighted by Crippen LogP contribution is -2.43. The van der Waals surface area contributed by atoms with Gasteiger partial charge in [0.05, 0.1) is 18.1 Å². The molecular weight excluding hydrogens is 468 g/mol. The Labute approximate surface area is 215 Å². The minimum absolute atomic E-state index is 0.00738. The number of benzene rings is 3. The number of nitriles is 1. The molecule has 1 aliphatic rings. The summed E-state index contributed by atoms with van der Waals surface area (Å²) in [4.78, 5) is 39.1. The maximum Gasteiger partial charge on any atom is 0.254 e. The summed E-state index contributed by atoms with van der Waals surface area (Å²) in [5.41, 5.74) is 9.16. The van der Waals surface area contributed by atoms with Crippen molar-refractivity contribution >= 4 is 23.4 Å². The van der Waals surface area contributed by atoms with E-state index in [0.29, 0.717) is 53.3 Å². The molecule has 1 aliphatic heterocycles. The number of nitrogens with zero attached hydrogens (tertiary/aromatic N) is 2. The first-order valence-electron chi connectivity index (χ1n) is 12.1. The quantitative estimate of drug-likeness (QED) is 0.492. The molecular formula is C29H28N4O4. The van der Waals surface area contributed by atoms with E-state index >= 15 is 0 Å². The fraction of sp³-hybridized carbons (Fsp3) is 0.241. The molecule has 1 atom stereocenters. The Balaban J connectivity index is 1.45. The second-order valence-electron chi connectivity index (χ2n) is 9.02. The molecule has 8 heteroatoms. The lowest BCUT2D eigenvalue weighted by molar-refractivity contribution is -0.121. The van der Waals surface area contributed by atoms with Crippen LogP contribution in [0, 0.1) is 18.3 Å². The highest BCUT2D eigenvalue weighted by atomic mass is 16.5. The van der Waals surface area contributed by atoms with Crippen molar-refractivity contribution in [2.75, 3.05) is 11.9 Å². The van der Waals surface area contributed by atoms with Gasteiger partial charge in [0.15, 0.2) is 0 Å². The van der Waals surface area contributed by atoms with Crippen LogP contribution in [0.3, 0.4) is 0 Å². The van der Waals surface area contributed by atoms with Gasteiger partial charge in [0.1, 0.15) is 18.4 Å². The van der Waals surface area contributed by atoms with Crippen molar-refractivity contribution in [2.24, 2.45) is 5.73 Å². The van der Waals surface area contributed by atoms with E-state index in [4.69, 9.17) is 10.5 Å². The third kappa shape index (κ3) is 6.14. The third-order valence-electron chi connectivity index (χ3n) is 6.36. The molecule has 1 saturated heterocycles. The topological polar surface area (TPSA) is 126 Å². The van der Waals surface area contributed by atoms with Gasteiger partial charge in [-0.05, 0) is 67.3 Å². The molecule has 4 rings (SSSR count). The highest BCUT2D eigenvalue weighted by molar-refractivity contribution is 6.00. The minimum atomic E-state index is -0.589. The summed E-state index contributed by atoms with van der Waals surface area (Å²) in [7, 11) is 0. The van der Waals surface area contributed by atoms with E-state index < -0.39 is 11.9 Å². The zero-order chi connectivity index (χ0) is 26.4. The summed E-state index contributed by atoms with van der Waals surface area (Å²) in [6.45, 7) is 2.61. The Morgan fingerprint density at radius 3 is 2.59 bits per heavy atom. The Kier molecular flexibility index (Phi) is 7.84. The number of nitrogens with two attached hydrogens (primary N) is 1. The monoisotopic (exact) mass is 496 g/mol. The van der Waals surface area contributed by atoms with Crippen molar-refractivity contribution in [1.82, 2.24) is 4.90 Å². The van der Waals surface area contributed by atoms with Crippen molar-refractivity contribution in [3.63, 3.8) is 0 Å². The standard InChI is InChI=1S/C29H28N4O4/c1-19-14-23(10-11-24(19)29(36)33-13-5-8-25(33)28(31)35)32-27(34)16-22-15-21(17-30)9-12-26(22)37-18-20-6-3-2-4-7-20/h2-4,6-7,9-12,14-15,25H,5,8,13,16,18H2,1H3,(H2,31,35)(H,32,34). The van der Waals surface area contributed by atoms with Crippen molar-refractivity contribution < 1.29 is 19.1 Å². The molecule has 1 unspecified atom stereocenters. The smallest absolute Gasteiger partial charge is 0.254 e. The van der Waals surface area contributed by atoms with Crippen LogP contribution in [-0.4, -0.2) is 35.2 Å². The Morgan fingerprint density at radius 2 is 1.89 bits per heavy atom. The van der Waals surface area contributed by atoms with Crippen LogP contribution in [-0.2, 0) is 22.6 Å². The number of ether oxygens (including phenoxy) is 1. The molecule has 0 spiro atoms. The van der Waals surface area contributed by atoms with E-state index in [1.807, 2.05) is 30.3 Å². The van der Waals surface area contributed by atoms with E-state index in [2.05, 4.69) is 11.4 Å². The van der Waals surface area contributed by atoms with Crippen LogP contribution >= 0.6 is 0 Å². The van der Waals surface area contributed by atoms with Gasteiger partial charge in [-0.3, -0.25) is 14.4 Å². The van der Waals surface area contributed by atoms with Crippen LogP contribution < -0.4 is 15.8 Å². The number of hydrogen-bond donors (Lipinski definition) is 2. The number of aryl methyl sites for hydroxylation is 1. The predicted molar refractivity (Wildman–Crippen MR) is 139 cm³/mol. The summed E-state index contributed by atoms with van der Waals surface area (Å²) < 4.78 is 5.94. The minimum Gasteiger partial charge on any atom is -0.489 e. The van der Waals surface area contributed by atoms with Gasteiger partial charge in [-0.25, -0.2) is 0 Å². The van der Waals surface area contributed by atoms with Crippen molar-refractivity contribution in [1.29, 1.82) is 5.26 Å². The second kappa shape index (κ2) is 11.4. The molecule has 0 aromatic heterocycles. The maximum absolute atomic E-state index is 13.0. The molecule has 37 heavy (non-hydrogen) atoms. The van der Waals surface area contributed by atoms with E-state index in [9.17, 15) is 19.6 Å². The van der Waals surface area contributed by atoms with Gasteiger partial charge in [0.2, 0.25) is 11.8 Å². The van der Waals surface area contributed by atoms with Gasteiger partial charge in [0.25, 0.3) is 5.91 Å². The third-order valence-corrected chi connectivity index (χ3v) is 6.36. The highest BCUT2D eigenvalue weighted by Crippen LogP contribution is 2.25.